The van der Waals surface area contributed by atoms with Crippen molar-refractivity contribution in [2.45, 2.75) is 142 Å². The van der Waals surface area contributed by atoms with Crippen molar-refractivity contribution in [2.75, 3.05) is 0 Å². The summed E-state index contributed by atoms with van der Waals surface area (Å²) in [6.45, 7) is 24.6. The summed E-state index contributed by atoms with van der Waals surface area (Å²) in [6, 6.07) is 20.8. The summed E-state index contributed by atoms with van der Waals surface area (Å²) in [5.74, 6) is 4.24. The molecule has 0 saturated heterocycles. The predicted molar refractivity (Wildman–Crippen MR) is 243 cm³/mol. The van der Waals surface area contributed by atoms with Gasteiger partial charge in [0.1, 0.15) is 0 Å². The van der Waals surface area contributed by atoms with Gasteiger partial charge in [0.25, 0.3) is 0 Å². The Morgan fingerprint density at radius 1 is 0.630 bits per heavy atom. The Morgan fingerprint density at radius 2 is 1.00 bits per heavy atom. The van der Waals surface area contributed by atoms with Gasteiger partial charge >= 0.3 is 37.9 Å². The molecule has 8 unspecified atom stereocenters. The van der Waals surface area contributed by atoms with Crippen molar-refractivity contribution >= 4 is 36.2 Å². The summed E-state index contributed by atoms with van der Waals surface area (Å²) in [6.07, 6.45) is 24.9. The zero-order valence-electron chi connectivity index (χ0n) is 36.1. The second-order valence-corrected chi connectivity index (χ2v) is 27.8. The molecule has 0 amide bonds. The van der Waals surface area contributed by atoms with Gasteiger partial charge in [0, 0.05) is 0 Å². The van der Waals surface area contributed by atoms with E-state index >= 15 is 0 Å². The van der Waals surface area contributed by atoms with Crippen LogP contribution >= 0.6 is 17.0 Å². The Labute approximate surface area is 353 Å². The van der Waals surface area contributed by atoms with Gasteiger partial charge in [0.05, 0.1) is 8.07 Å². The molecule has 2 fully saturated rings. The fourth-order valence-corrected chi connectivity index (χ4v) is 18.9. The molecule has 0 aliphatic heterocycles. The molecule has 0 spiro atoms. The SMILES string of the molecule is CCCCCCC[Si](C)(C1C(C)CC2C(c3ccc(C(C)(C)C)cc3)=CC=CC21)C1C(C)CC2C(c3ccc(C(C)(C)C)cc3)=CC=CC21.[CH3-].[CH3-].[Cl][Zr+2][Cl]. The van der Waals surface area contributed by atoms with E-state index in [1.54, 1.807) is 11.1 Å². The van der Waals surface area contributed by atoms with Crippen molar-refractivity contribution < 1.29 is 20.8 Å². The number of halogens is 2. The third-order valence-corrected chi connectivity index (χ3v) is 20.1. The van der Waals surface area contributed by atoms with E-state index < -0.39 is 28.9 Å². The maximum absolute atomic E-state index is 4.93. The molecule has 0 N–H and O–H groups in total. The minimum atomic E-state index is -1.77. The maximum atomic E-state index is 4.93. The van der Waals surface area contributed by atoms with E-state index in [9.17, 15) is 0 Å². The van der Waals surface area contributed by atoms with Crippen LogP contribution in [-0.2, 0) is 31.7 Å². The zero-order valence-corrected chi connectivity index (χ0v) is 41.1. The van der Waals surface area contributed by atoms with Gasteiger partial charge in [0.2, 0.25) is 0 Å². The van der Waals surface area contributed by atoms with Crippen LogP contribution in [0.4, 0.5) is 0 Å². The zero-order chi connectivity index (χ0) is 37.8. The van der Waals surface area contributed by atoms with Crippen molar-refractivity contribution in [1.82, 2.24) is 0 Å². The average Bonchev–Trinajstić information content (AvgIpc) is 3.63. The molecule has 0 aromatic heterocycles. The van der Waals surface area contributed by atoms with Crippen LogP contribution in [0.1, 0.15) is 130 Å². The van der Waals surface area contributed by atoms with Crippen LogP contribution in [0, 0.1) is 50.4 Å². The standard InChI is InChI=1S/C48H68Si.2CH3.2ClH.Zr/c1-11-12-13-14-15-30-49(10,45-33(2)31-43-39(18-16-20-41(43)45)35-22-26-37(27-23-35)47(4,5)6)46-34(3)32-44-40(19-17-21-42(44)46)36-24-28-38(29-25-36)48(7,8)9;;;;;/h16-29,33-34,41-46H,11-15,30-32H2,1-10H3;2*1H3;2*1H;/q;2*-1;;;+4/p-2. The Hall–Kier alpha value is -0.920. The molecule has 296 valence electrons. The first kappa shape index (κ1) is 47.5. The monoisotopic (exact) mass is 862 g/mol. The van der Waals surface area contributed by atoms with Crippen LogP contribution in [0.15, 0.2) is 85.0 Å². The van der Waals surface area contributed by atoms with Gasteiger partial charge in [-0.15, -0.1) is 0 Å². The van der Waals surface area contributed by atoms with Gasteiger partial charge in [-0.1, -0.05) is 192 Å². The van der Waals surface area contributed by atoms with Crippen LogP contribution in [0.5, 0.6) is 0 Å². The first-order chi connectivity index (χ1) is 24.6. The summed E-state index contributed by atoms with van der Waals surface area (Å²) >= 11 is -0.826. The number of hydrogen-bond acceptors (Lipinski definition) is 0. The van der Waals surface area contributed by atoms with E-state index in [4.69, 9.17) is 17.0 Å². The molecule has 0 radical (unpaired) electrons. The Bertz CT molecular complexity index is 1480. The molecular weight excluding hydrogens is 791 g/mol. The van der Waals surface area contributed by atoms with Crippen LogP contribution in [-0.4, -0.2) is 8.07 Å². The number of fused-ring (bicyclic) bond motifs is 2. The molecule has 8 atom stereocenters. The van der Waals surface area contributed by atoms with Gasteiger partial charge in [-0.3, -0.25) is 0 Å². The van der Waals surface area contributed by atoms with Crippen molar-refractivity contribution in [2.24, 2.45) is 35.5 Å². The molecular formula is C50H74Cl2SiZr. The fraction of sp³-hybridized carbons (Fsp3) is 0.560. The third-order valence-electron chi connectivity index (χ3n) is 13.8. The van der Waals surface area contributed by atoms with Gasteiger partial charge in [0.15, 0.2) is 0 Å². The quantitative estimate of drug-likeness (QED) is 0.127. The van der Waals surface area contributed by atoms with E-state index in [0.29, 0.717) is 23.7 Å². The molecule has 2 aromatic carbocycles. The van der Waals surface area contributed by atoms with E-state index in [1.165, 1.54) is 73.2 Å². The molecule has 2 aromatic rings. The van der Waals surface area contributed by atoms with Crippen molar-refractivity contribution in [3.8, 4) is 0 Å². The number of allylic oxidation sites excluding steroid dienone is 8. The summed E-state index contributed by atoms with van der Waals surface area (Å²) < 4.78 is 0. The number of unbranched alkanes of at least 4 members (excludes halogenated alkanes) is 4. The molecule has 6 rings (SSSR count). The summed E-state index contributed by atoms with van der Waals surface area (Å²) in [5, 5.41) is 0. The van der Waals surface area contributed by atoms with Crippen LogP contribution in [0.25, 0.3) is 11.1 Å². The van der Waals surface area contributed by atoms with Crippen molar-refractivity contribution in [3.63, 3.8) is 0 Å². The van der Waals surface area contributed by atoms with Gasteiger partial charge in [-0.25, -0.2) is 0 Å². The fourth-order valence-electron chi connectivity index (χ4n) is 11.5. The van der Waals surface area contributed by atoms with Gasteiger partial charge in [-0.2, -0.15) is 0 Å². The molecule has 0 nitrogen and oxygen atoms in total. The number of benzene rings is 2. The molecule has 0 heterocycles. The van der Waals surface area contributed by atoms with Crippen molar-refractivity contribution in [1.29, 1.82) is 0 Å². The number of rotatable bonds is 10. The van der Waals surface area contributed by atoms with E-state index in [-0.39, 0.29) is 25.7 Å². The van der Waals surface area contributed by atoms with Crippen LogP contribution < -0.4 is 0 Å². The second kappa shape index (κ2) is 20.2. The average molecular weight is 865 g/mol. The minimum absolute atomic E-state index is 0. The molecule has 54 heavy (non-hydrogen) atoms. The Kier molecular flexibility index (Phi) is 17.7. The van der Waals surface area contributed by atoms with E-state index in [0.717, 1.165) is 22.9 Å². The summed E-state index contributed by atoms with van der Waals surface area (Å²) in [5.41, 5.74) is 11.1. The normalized spacial score (nSPS) is 28.1. The molecule has 0 bridgehead atoms. The predicted octanol–water partition coefficient (Wildman–Crippen LogP) is 16.5. The Balaban J connectivity index is 0.00000152. The summed E-state index contributed by atoms with van der Waals surface area (Å²) in [4.78, 5) is 0. The second-order valence-electron chi connectivity index (χ2n) is 19.3. The first-order valence-corrected chi connectivity index (χ1v) is 29.8. The topological polar surface area (TPSA) is 0 Å². The van der Waals surface area contributed by atoms with Gasteiger partial charge in [-0.05, 0) is 104 Å². The van der Waals surface area contributed by atoms with Crippen LogP contribution in [0.3, 0.4) is 0 Å². The molecule has 4 aliphatic carbocycles. The summed E-state index contributed by atoms with van der Waals surface area (Å²) in [7, 11) is 8.10. The third kappa shape index (κ3) is 10.4. The Morgan fingerprint density at radius 3 is 1.35 bits per heavy atom. The van der Waals surface area contributed by atoms with Gasteiger partial charge < -0.3 is 14.9 Å². The van der Waals surface area contributed by atoms with Crippen LogP contribution in [0.2, 0.25) is 23.7 Å². The molecule has 2 saturated carbocycles. The van der Waals surface area contributed by atoms with Crippen molar-refractivity contribution in [3.05, 3.63) is 122 Å². The van der Waals surface area contributed by atoms with E-state index in [1.807, 2.05) is 0 Å². The molecule has 4 heteroatoms. The molecule has 4 aliphatic rings. The van der Waals surface area contributed by atoms with E-state index in [2.05, 4.69) is 154 Å². The number of hydrogen-bond donors (Lipinski definition) is 0. The first-order valence-electron chi connectivity index (χ1n) is 20.6.